The van der Waals surface area contributed by atoms with Crippen LogP contribution in [0.3, 0.4) is 0 Å². The van der Waals surface area contributed by atoms with Crippen molar-refractivity contribution in [2.24, 2.45) is 0 Å². The van der Waals surface area contributed by atoms with Crippen LogP contribution in [0.1, 0.15) is 24.8 Å². The molecule has 3 heteroatoms. The van der Waals surface area contributed by atoms with Crippen LogP contribution in [0.5, 0.6) is 0 Å². The van der Waals surface area contributed by atoms with Crippen molar-refractivity contribution in [2.75, 3.05) is 0 Å². The second-order valence-corrected chi connectivity index (χ2v) is 4.17. The Labute approximate surface area is 86.3 Å². The molecule has 0 aliphatic heterocycles. The van der Waals surface area contributed by atoms with Gasteiger partial charge in [0, 0.05) is 10.9 Å². The minimum atomic E-state index is -0.793. The third kappa shape index (κ3) is 1.20. The summed E-state index contributed by atoms with van der Waals surface area (Å²) >= 11 is 0. The summed E-state index contributed by atoms with van der Waals surface area (Å²) in [4.78, 5) is 0. The van der Waals surface area contributed by atoms with Crippen molar-refractivity contribution in [3.05, 3.63) is 35.8 Å². The van der Waals surface area contributed by atoms with Crippen molar-refractivity contribution in [2.45, 2.75) is 24.9 Å². The molecule has 2 aromatic rings. The lowest BCUT2D eigenvalue weighted by atomic mass is 9.75. The van der Waals surface area contributed by atoms with Gasteiger partial charge in [-0.25, -0.2) is 4.39 Å². The Morgan fingerprint density at radius 3 is 2.80 bits per heavy atom. The van der Waals surface area contributed by atoms with E-state index in [1.165, 1.54) is 12.1 Å². The van der Waals surface area contributed by atoms with Crippen LogP contribution in [0, 0.1) is 5.82 Å². The van der Waals surface area contributed by atoms with Gasteiger partial charge in [0.05, 0.1) is 11.9 Å². The average Bonchev–Trinajstić information content (AvgIpc) is 2.57. The van der Waals surface area contributed by atoms with Crippen molar-refractivity contribution in [3.63, 3.8) is 0 Å². The molecule has 0 spiro atoms. The average molecular weight is 206 g/mol. The molecule has 1 aliphatic carbocycles. The highest BCUT2D eigenvalue weighted by Crippen LogP contribution is 2.44. The van der Waals surface area contributed by atoms with E-state index in [9.17, 15) is 9.50 Å². The van der Waals surface area contributed by atoms with Crippen LogP contribution in [0.4, 0.5) is 4.39 Å². The zero-order valence-electron chi connectivity index (χ0n) is 8.16. The van der Waals surface area contributed by atoms with Crippen LogP contribution in [0.25, 0.3) is 11.0 Å². The number of aliphatic hydroxyl groups is 1. The highest BCUT2D eigenvalue weighted by molar-refractivity contribution is 5.82. The molecule has 1 aromatic heterocycles. The highest BCUT2D eigenvalue weighted by Gasteiger charge is 2.38. The first kappa shape index (κ1) is 8.92. The molecule has 78 valence electrons. The van der Waals surface area contributed by atoms with E-state index in [0.717, 1.165) is 24.8 Å². The summed E-state index contributed by atoms with van der Waals surface area (Å²) in [5, 5.41) is 10.9. The molecule has 1 aliphatic rings. The number of rotatable bonds is 1. The smallest absolute Gasteiger partial charge is 0.134 e. The van der Waals surface area contributed by atoms with Gasteiger partial charge < -0.3 is 9.52 Å². The van der Waals surface area contributed by atoms with Gasteiger partial charge in [0.2, 0.25) is 0 Å². The van der Waals surface area contributed by atoms with Gasteiger partial charge in [0.15, 0.2) is 0 Å². The molecule has 1 aromatic carbocycles. The number of furan rings is 1. The predicted octanol–water partition coefficient (Wildman–Crippen LogP) is 2.94. The van der Waals surface area contributed by atoms with E-state index < -0.39 is 5.60 Å². The fourth-order valence-electron chi connectivity index (χ4n) is 2.14. The van der Waals surface area contributed by atoms with E-state index >= 15 is 0 Å². The maximum absolute atomic E-state index is 13.1. The van der Waals surface area contributed by atoms with Gasteiger partial charge in [-0.3, -0.25) is 0 Å². The van der Waals surface area contributed by atoms with Crippen LogP contribution < -0.4 is 0 Å². The monoisotopic (exact) mass is 206 g/mol. The van der Waals surface area contributed by atoms with Crippen molar-refractivity contribution in [1.29, 1.82) is 0 Å². The maximum atomic E-state index is 13.1. The molecule has 1 fully saturated rings. The minimum absolute atomic E-state index is 0.298. The molecular formula is C12H11FO2. The fourth-order valence-corrected chi connectivity index (χ4v) is 2.14. The zero-order chi connectivity index (χ0) is 10.5. The van der Waals surface area contributed by atoms with Gasteiger partial charge in [-0.05, 0) is 37.5 Å². The molecule has 15 heavy (non-hydrogen) atoms. The summed E-state index contributed by atoms with van der Waals surface area (Å²) in [5.41, 5.74) is 0.564. The van der Waals surface area contributed by atoms with Crippen molar-refractivity contribution < 1.29 is 13.9 Å². The second kappa shape index (κ2) is 2.83. The third-order valence-corrected chi connectivity index (χ3v) is 3.22. The molecule has 0 saturated heterocycles. The Hall–Kier alpha value is -1.35. The first-order valence-corrected chi connectivity index (χ1v) is 5.09. The predicted molar refractivity (Wildman–Crippen MR) is 53.9 cm³/mol. The van der Waals surface area contributed by atoms with Gasteiger partial charge in [-0.1, -0.05) is 0 Å². The SMILES string of the molecule is OC1(c2coc3ccc(F)cc23)CCC1. The summed E-state index contributed by atoms with van der Waals surface area (Å²) in [7, 11) is 0. The standard InChI is InChI=1S/C12H11FO2/c13-8-2-3-11-9(6-8)10(7-15-11)12(14)4-1-5-12/h2-3,6-7,14H,1,4-5H2. The third-order valence-electron chi connectivity index (χ3n) is 3.22. The van der Waals surface area contributed by atoms with Gasteiger partial charge in [0.1, 0.15) is 11.4 Å². The van der Waals surface area contributed by atoms with E-state index in [2.05, 4.69) is 0 Å². The minimum Gasteiger partial charge on any atom is -0.464 e. The molecule has 2 nitrogen and oxygen atoms in total. The van der Waals surface area contributed by atoms with Gasteiger partial charge in [0.25, 0.3) is 0 Å². The molecular weight excluding hydrogens is 195 g/mol. The Kier molecular flexibility index (Phi) is 1.68. The van der Waals surface area contributed by atoms with Crippen LogP contribution in [-0.2, 0) is 5.60 Å². The van der Waals surface area contributed by atoms with Gasteiger partial charge >= 0.3 is 0 Å². The molecule has 1 heterocycles. The molecule has 0 amide bonds. The summed E-state index contributed by atoms with van der Waals surface area (Å²) in [5.74, 6) is -0.298. The highest BCUT2D eigenvalue weighted by atomic mass is 19.1. The Morgan fingerprint density at radius 1 is 1.33 bits per heavy atom. The van der Waals surface area contributed by atoms with Crippen LogP contribution in [-0.4, -0.2) is 5.11 Å². The van der Waals surface area contributed by atoms with Gasteiger partial charge in [-0.2, -0.15) is 0 Å². The molecule has 1 saturated carbocycles. The summed E-state index contributed by atoms with van der Waals surface area (Å²) in [6, 6.07) is 4.38. The Bertz CT molecular complexity index is 511. The number of halogens is 1. The number of hydrogen-bond donors (Lipinski definition) is 1. The maximum Gasteiger partial charge on any atom is 0.134 e. The molecule has 3 rings (SSSR count). The lowest BCUT2D eigenvalue weighted by Gasteiger charge is -2.36. The first-order chi connectivity index (χ1) is 7.19. The fraction of sp³-hybridized carbons (Fsp3) is 0.333. The van der Waals surface area contributed by atoms with Crippen LogP contribution >= 0.6 is 0 Å². The van der Waals surface area contributed by atoms with Crippen LogP contribution in [0.15, 0.2) is 28.9 Å². The lowest BCUT2D eigenvalue weighted by molar-refractivity contribution is -0.0380. The van der Waals surface area contributed by atoms with Crippen LogP contribution in [0.2, 0.25) is 0 Å². The molecule has 0 radical (unpaired) electrons. The topological polar surface area (TPSA) is 33.4 Å². The summed E-state index contributed by atoms with van der Waals surface area (Å²) < 4.78 is 18.4. The van der Waals surface area contributed by atoms with Crippen molar-refractivity contribution in [3.8, 4) is 0 Å². The summed E-state index contributed by atoms with van der Waals surface area (Å²) in [6.45, 7) is 0. The lowest BCUT2D eigenvalue weighted by Crippen LogP contribution is -2.33. The quantitative estimate of drug-likeness (QED) is 0.778. The molecule has 0 atom stereocenters. The Balaban J connectivity index is 2.22. The van der Waals surface area contributed by atoms with E-state index in [0.29, 0.717) is 11.0 Å². The first-order valence-electron chi connectivity index (χ1n) is 5.09. The van der Waals surface area contributed by atoms with Crippen molar-refractivity contribution in [1.82, 2.24) is 0 Å². The second-order valence-electron chi connectivity index (χ2n) is 4.17. The molecule has 0 unspecified atom stereocenters. The molecule has 0 bridgehead atoms. The van der Waals surface area contributed by atoms with E-state index in [1.54, 1.807) is 12.3 Å². The zero-order valence-corrected chi connectivity index (χ0v) is 8.16. The van der Waals surface area contributed by atoms with Gasteiger partial charge in [-0.15, -0.1) is 0 Å². The van der Waals surface area contributed by atoms with E-state index in [1.807, 2.05) is 0 Å². The largest absolute Gasteiger partial charge is 0.464 e. The number of hydrogen-bond acceptors (Lipinski definition) is 2. The number of fused-ring (bicyclic) bond motifs is 1. The molecule has 1 N–H and O–H groups in total. The number of benzene rings is 1. The normalized spacial score (nSPS) is 19.1. The van der Waals surface area contributed by atoms with Crippen molar-refractivity contribution >= 4 is 11.0 Å². The summed E-state index contributed by atoms with van der Waals surface area (Å²) in [6.07, 6.45) is 4.03. The van der Waals surface area contributed by atoms with E-state index in [4.69, 9.17) is 4.42 Å². The van der Waals surface area contributed by atoms with E-state index in [-0.39, 0.29) is 5.82 Å². The Morgan fingerprint density at radius 2 is 2.13 bits per heavy atom.